The monoisotopic (exact) mass is 278 g/mol. The number of rotatable bonds is 2. The summed E-state index contributed by atoms with van der Waals surface area (Å²) >= 11 is 0. The molecule has 3 rings (SSSR count). The second-order valence-corrected chi connectivity index (χ2v) is 6.46. The minimum atomic E-state index is -0.893. The molecule has 1 aromatic heterocycles. The third-order valence-corrected chi connectivity index (χ3v) is 5.02. The number of carbonyl (C=O) groups excluding carboxylic acids is 1. The van der Waals surface area contributed by atoms with E-state index >= 15 is 0 Å². The summed E-state index contributed by atoms with van der Waals surface area (Å²) in [6.45, 7) is 4.79. The summed E-state index contributed by atoms with van der Waals surface area (Å²) < 4.78 is 7.46. The first-order valence-corrected chi connectivity index (χ1v) is 7.09. The van der Waals surface area contributed by atoms with Gasteiger partial charge in [-0.15, -0.1) is 0 Å². The van der Waals surface area contributed by atoms with E-state index in [1.807, 2.05) is 20.9 Å². The van der Waals surface area contributed by atoms with Gasteiger partial charge in [0.2, 0.25) is 5.91 Å². The van der Waals surface area contributed by atoms with Crippen molar-refractivity contribution in [3.63, 3.8) is 0 Å². The molecule has 0 aromatic carbocycles. The Morgan fingerprint density at radius 3 is 3.00 bits per heavy atom. The van der Waals surface area contributed by atoms with Gasteiger partial charge < -0.3 is 15.8 Å². The van der Waals surface area contributed by atoms with Gasteiger partial charge in [0.25, 0.3) is 0 Å². The maximum absolute atomic E-state index is 12.7. The van der Waals surface area contributed by atoms with Gasteiger partial charge in [-0.05, 0) is 12.8 Å². The van der Waals surface area contributed by atoms with Crippen LogP contribution in [0.25, 0.3) is 0 Å². The molecule has 2 heterocycles. The van der Waals surface area contributed by atoms with Gasteiger partial charge >= 0.3 is 0 Å². The number of ether oxygens (including phenoxy) is 1. The molecule has 2 aliphatic rings. The van der Waals surface area contributed by atoms with Gasteiger partial charge in [-0.3, -0.25) is 9.48 Å². The molecule has 0 radical (unpaired) electrons. The van der Waals surface area contributed by atoms with E-state index in [1.165, 1.54) is 0 Å². The summed E-state index contributed by atoms with van der Waals surface area (Å²) in [5.74, 6) is 0.473. The van der Waals surface area contributed by atoms with Gasteiger partial charge in [-0.2, -0.15) is 5.10 Å². The van der Waals surface area contributed by atoms with Crippen LogP contribution in [0.2, 0.25) is 0 Å². The Balaban J connectivity index is 1.82. The van der Waals surface area contributed by atoms with Crippen LogP contribution in [0.1, 0.15) is 26.7 Å². The highest BCUT2D eigenvalue weighted by Gasteiger charge is 2.70. The fourth-order valence-electron chi connectivity index (χ4n) is 3.74. The molecular weight excluding hydrogens is 256 g/mol. The highest BCUT2D eigenvalue weighted by molar-refractivity contribution is 5.99. The zero-order chi connectivity index (χ0) is 14.5. The van der Waals surface area contributed by atoms with Crippen molar-refractivity contribution in [2.45, 2.75) is 38.3 Å². The van der Waals surface area contributed by atoms with Crippen molar-refractivity contribution < 1.29 is 9.53 Å². The van der Waals surface area contributed by atoms with Gasteiger partial charge in [-0.25, -0.2) is 0 Å². The summed E-state index contributed by atoms with van der Waals surface area (Å²) in [6.07, 6.45) is 3.78. The van der Waals surface area contributed by atoms with Crippen LogP contribution in [0, 0.1) is 11.3 Å². The second kappa shape index (κ2) is 4.30. The Morgan fingerprint density at radius 1 is 1.60 bits per heavy atom. The zero-order valence-electron chi connectivity index (χ0n) is 12.2. The number of nitrogens with zero attached hydrogens (tertiary/aromatic N) is 2. The average Bonchev–Trinajstić information content (AvgIpc) is 2.83. The zero-order valence-corrected chi connectivity index (χ0v) is 12.2. The van der Waals surface area contributed by atoms with Crippen molar-refractivity contribution in [1.82, 2.24) is 9.78 Å². The first kappa shape index (κ1) is 13.6. The Bertz CT molecular complexity index is 539. The predicted octanol–water partition coefficient (Wildman–Crippen LogP) is 0.891. The van der Waals surface area contributed by atoms with E-state index in [9.17, 15) is 4.79 Å². The molecule has 1 aliphatic heterocycles. The number of fused-ring (bicyclic) bond motifs is 1. The van der Waals surface area contributed by atoms with Crippen molar-refractivity contribution in [1.29, 1.82) is 0 Å². The molecule has 110 valence electrons. The number of aryl methyl sites for hydroxylation is 1. The van der Waals surface area contributed by atoms with E-state index in [1.54, 1.807) is 16.9 Å². The van der Waals surface area contributed by atoms with Crippen LogP contribution in [0.15, 0.2) is 12.3 Å². The van der Waals surface area contributed by atoms with Gasteiger partial charge in [0.15, 0.2) is 5.82 Å². The van der Waals surface area contributed by atoms with Crippen LogP contribution < -0.4 is 11.1 Å². The average molecular weight is 278 g/mol. The molecular formula is C14H22N4O2. The van der Waals surface area contributed by atoms with Crippen LogP contribution >= 0.6 is 0 Å². The number of nitrogens with one attached hydrogen (secondary N) is 1. The fraction of sp³-hybridized carbons (Fsp3) is 0.714. The maximum Gasteiger partial charge on any atom is 0.246 e. The minimum Gasteiger partial charge on any atom is -0.377 e. The van der Waals surface area contributed by atoms with Crippen LogP contribution in [0.4, 0.5) is 5.82 Å². The Kier molecular flexibility index (Phi) is 2.92. The first-order valence-electron chi connectivity index (χ1n) is 7.09. The van der Waals surface area contributed by atoms with Gasteiger partial charge in [0.1, 0.15) is 5.54 Å². The summed E-state index contributed by atoms with van der Waals surface area (Å²) in [5, 5.41) is 7.01. The SMILES string of the molecule is Cn1ccc(NC(=O)C2(N)C3CCCOC3C2(C)C)n1. The van der Waals surface area contributed by atoms with E-state index in [4.69, 9.17) is 10.5 Å². The number of anilines is 1. The van der Waals surface area contributed by atoms with Crippen LogP contribution in [0.5, 0.6) is 0 Å². The fourth-order valence-corrected chi connectivity index (χ4v) is 3.74. The van der Waals surface area contributed by atoms with E-state index in [0.29, 0.717) is 5.82 Å². The van der Waals surface area contributed by atoms with E-state index in [-0.39, 0.29) is 23.3 Å². The van der Waals surface area contributed by atoms with E-state index in [0.717, 1.165) is 19.4 Å². The molecule has 3 N–H and O–H groups in total. The molecule has 3 unspecified atom stereocenters. The molecule has 2 fully saturated rings. The standard InChI is InChI=1S/C14H22N4O2/c1-13(2)11-9(5-4-8-20-11)14(13,15)12(19)16-10-6-7-18(3)17-10/h6-7,9,11H,4-5,8,15H2,1-3H3,(H,16,17,19). The smallest absolute Gasteiger partial charge is 0.246 e. The summed E-state index contributed by atoms with van der Waals surface area (Å²) in [7, 11) is 1.81. The van der Waals surface area contributed by atoms with Gasteiger partial charge in [0.05, 0.1) is 6.10 Å². The number of hydrogen-bond donors (Lipinski definition) is 2. The molecule has 1 saturated carbocycles. The molecule has 1 saturated heterocycles. The third-order valence-electron chi connectivity index (χ3n) is 5.02. The Hall–Kier alpha value is -1.40. The molecule has 1 aromatic rings. The minimum absolute atomic E-state index is 0.0794. The van der Waals surface area contributed by atoms with Crippen molar-refractivity contribution in [3.05, 3.63) is 12.3 Å². The molecule has 1 aliphatic carbocycles. The van der Waals surface area contributed by atoms with E-state index in [2.05, 4.69) is 10.4 Å². The van der Waals surface area contributed by atoms with Crippen molar-refractivity contribution >= 4 is 11.7 Å². The van der Waals surface area contributed by atoms with Crippen LogP contribution in [0.3, 0.4) is 0 Å². The molecule has 20 heavy (non-hydrogen) atoms. The summed E-state index contributed by atoms with van der Waals surface area (Å²) in [6, 6.07) is 1.77. The summed E-state index contributed by atoms with van der Waals surface area (Å²) in [4.78, 5) is 12.7. The molecule has 3 atom stereocenters. The van der Waals surface area contributed by atoms with Crippen molar-refractivity contribution in [2.75, 3.05) is 11.9 Å². The molecule has 0 spiro atoms. The topological polar surface area (TPSA) is 82.2 Å². The Labute approximate surface area is 118 Å². The lowest BCUT2D eigenvalue weighted by molar-refractivity contribution is -0.222. The van der Waals surface area contributed by atoms with Gasteiger partial charge in [0, 0.05) is 37.3 Å². The summed E-state index contributed by atoms with van der Waals surface area (Å²) in [5.41, 5.74) is 5.25. The largest absolute Gasteiger partial charge is 0.377 e. The normalized spacial score (nSPS) is 35.0. The molecule has 6 heteroatoms. The van der Waals surface area contributed by atoms with Crippen LogP contribution in [-0.4, -0.2) is 33.9 Å². The number of nitrogens with two attached hydrogens (primary N) is 1. The highest BCUT2D eigenvalue weighted by Crippen LogP contribution is 2.57. The first-order chi connectivity index (χ1) is 9.37. The lowest BCUT2D eigenvalue weighted by atomic mass is 9.46. The number of amides is 1. The second-order valence-electron chi connectivity index (χ2n) is 6.46. The van der Waals surface area contributed by atoms with Crippen molar-refractivity contribution in [3.8, 4) is 0 Å². The quantitative estimate of drug-likeness (QED) is 0.841. The van der Waals surface area contributed by atoms with Crippen LogP contribution in [-0.2, 0) is 16.6 Å². The number of carbonyl (C=O) groups is 1. The highest BCUT2D eigenvalue weighted by atomic mass is 16.5. The van der Waals surface area contributed by atoms with Gasteiger partial charge in [-0.1, -0.05) is 13.8 Å². The lowest BCUT2D eigenvalue weighted by Crippen LogP contribution is -2.81. The van der Waals surface area contributed by atoms with E-state index < -0.39 is 5.54 Å². The Morgan fingerprint density at radius 2 is 2.35 bits per heavy atom. The lowest BCUT2D eigenvalue weighted by Gasteiger charge is -2.65. The van der Waals surface area contributed by atoms with Crippen molar-refractivity contribution in [2.24, 2.45) is 24.1 Å². The molecule has 0 bridgehead atoms. The number of aromatic nitrogens is 2. The maximum atomic E-state index is 12.7. The third kappa shape index (κ3) is 1.64. The molecule has 1 amide bonds. The predicted molar refractivity (Wildman–Crippen MR) is 75.0 cm³/mol. The molecule has 6 nitrogen and oxygen atoms in total. The number of hydrogen-bond acceptors (Lipinski definition) is 4.